The Morgan fingerprint density at radius 3 is 1.78 bits per heavy atom. The molecule has 1 radical (unpaired) electrons. The number of hydrogen-bond donors (Lipinski definition) is 1. The monoisotopic (exact) mass is 438 g/mol. The topological polar surface area (TPSA) is 85.7 Å². The molecule has 0 saturated carbocycles. The Hall–Kier alpha value is -2.91. The first kappa shape index (κ1) is 28.9. The minimum atomic E-state index is 0.463. The van der Waals surface area contributed by atoms with Crippen LogP contribution in [0.1, 0.15) is 29.4 Å². The predicted octanol–water partition coefficient (Wildman–Crippen LogP) is 4.18. The van der Waals surface area contributed by atoms with E-state index in [-0.39, 0.29) is 0 Å². The fourth-order valence-electron chi connectivity index (χ4n) is 1.10. The number of aryl methyl sites for hydroxylation is 1. The van der Waals surface area contributed by atoms with Crippen molar-refractivity contribution in [3.05, 3.63) is 59.2 Å². The normalized spacial score (nSPS) is 6.89. The van der Waals surface area contributed by atoms with E-state index in [9.17, 15) is 0 Å². The van der Waals surface area contributed by atoms with Gasteiger partial charge in [-0.1, -0.05) is 28.1 Å². The molecular formula is C19H18BBrN5S. The van der Waals surface area contributed by atoms with Gasteiger partial charge in [-0.2, -0.15) is 10.5 Å². The molecule has 0 unspecified atom stereocenters. The van der Waals surface area contributed by atoms with Gasteiger partial charge in [-0.25, -0.2) is 9.97 Å². The molecule has 2 rings (SSSR count). The van der Waals surface area contributed by atoms with Crippen molar-refractivity contribution in [3.8, 4) is 37.3 Å². The number of pyridine rings is 2. The summed E-state index contributed by atoms with van der Waals surface area (Å²) in [6, 6.07) is 11.0. The van der Waals surface area contributed by atoms with Crippen LogP contribution in [0.5, 0.6) is 0 Å². The number of halogens is 1. The molecule has 0 amide bonds. The average molecular weight is 439 g/mol. The summed E-state index contributed by atoms with van der Waals surface area (Å²) in [7, 11) is 4.34. The number of aromatic nitrogens is 2. The van der Waals surface area contributed by atoms with Crippen molar-refractivity contribution < 1.29 is 0 Å². The molecule has 0 spiro atoms. The molecule has 0 aliphatic rings. The van der Waals surface area contributed by atoms with Gasteiger partial charge in [0, 0.05) is 17.7 Å². The number of alkyl halides is 1. The van der Waals surface area contributed by atoms with Crippen LogP contribution in [0.25, 0.3) is 0 Å². The van der Waals surface area contributed by atoms with E-state index < -0.39 is 0 Å². The van der Waals surface area contributed by atoms with Gasteiger partial charge in [0.2, 0.25) is 0 Å². The SMILES string of the molecule is C#C.C#CC.Cc1ccc(C#N)nc1.N#Cc1ccc(CBr)cn1.[B]=NS. The second-order valence-electron chi connectivity index (χ2n) is 4.03. The van der Waals surface area contributed by atoms with Gasteiger partial charge in [0.05, 0.1) is 0 Å². The summed E-state index contributed by atoms with van der Waals surface area (Å²) < 4.78 is 2.69. The predicted molar refractivity (Wildman–Crippen MR) is 117 cm³/mol. The van der Waals surface area contributed by atoms with E-state index in [4.69, 9.17) is 10.5 Å². The van der Waals surface area contributed by atoms with Crippen LogP contribution in [-0.2, 0) is 5.33 Å². The Bertz CT molecular complexity index is 769. The molecule has 0 aliphatic carbocycles. The third kappa shape index (κ3) is 19.3. The third-order valence-electron chi connectivity index (χ3n) is 2.12. The number of terminal acetylenes is 2. The van der Waals surface area contributed by atoms with E-state index in [1.165, 1.54) is 0 Å². The zero-order valence-electron chi connectivity index (χ0n) is 15.0. The van der Waals surface area contributed by atoms with Crippen LogP contribution < -0.4 is 0 Å². The Kier molecular flexibility index (Phi) is 24.7. The molecule has 0 atom stereocenters. The van der Waals surface area contributed by atoms with Gasteiger partial charge in [0.15, 0.2) is 0 Å². The summed E-state index contributed by atoms with van der Waals surface area (Å²) in [5.41, 5.74) is 3.10. The third-order valence-corrected chi connectivity index (χ3v) is 2.77. The Morgan fingerprint density at radius 1 is 1.11 bits per heavy atom. The number of thiol groups is 1. The molecule has 135 valence electrons. The van der Waals surface area contributed by atoms with Gasteiger partial charge in [-0.3, -0.25) is 0 Å². The van der Waals surface area contributed by atoms with Gasteiger partial charge < -0.3 is 0 Å². The molecular weight excluding hydrogens is 421 g/mol. The zero-order chi connectivity index (χ0) is 21.5. The van der Waals surface area contributed by atoms with Crippen LogP contribution in [0.2, 0.25) is 0 Å². The molecule has 0 bridgehead atoms. The summed E-state index contributed by atoms with van der Waals surface area (Å²) in [5, 5.41) is 17.5. The number of nitriles is 2. The number of nitrogens with zero attached hydrogens (tertiary/aromatic N) is 5. The number of hydrogen-bond acceptors (Lipinski definition) is 6. The van der Waals surface area contributed by atoms with Crippen molar-refractivity contribution in [2.24, 2.45) is 4.30 Å². The Morgan fingerprint density at radius 2 is 1.52 bits per heavy atom. The summed E-state index contributed by atoms with van der Waals surface area (Å²) in [5.74, 6) is 2.25. The molecule has 0 aromatic carbocycles. The first-order valence-corrected chi connectivity index (χ1v) is 8.53. The standard InChI is InChI=1S/C7H5BrN2.C7H6N2.C3H4.C2H2.BHNS/c8-3-6-1-2-7(4-9)10-5-6;1-6-2-3-7(4-8)9-5-6;1-3-2;1-2;1-2-3/h1-2,5H,3H2;2-3,5H,1H3;1H,2H3;1-2H;3H. The van der Waals surface area contributed by atoms with Crippen LogP contribution in [0.15, 0.2) is 41.0 Å². The van der Waals surface area contributed by atoms with Crippen LogP contribution >= 0.6 is 28.7 Å². The first-order valence-electron chi connectivity index (χ1n) is 7.01. The molecule has 2 aromatic rings. The van der Waals surface area contributed by atoms with Crippen molar-refractivity contribution in [3.63, 3.8) is 0 Å². The van der Waals surface area contributed by atoms with Crippen molar-refractivity contribution >= 4 is 36.4 Å². The van der Waals surface area contributed by atoms with E-state index in [0.29, 0.717) is 11.4 Å². The van der Waals surface area contributed by atoms with Crippen molar-refractivity contribution in [2.45, 2.75) is 19.2 Å². The van der Waals surface area contributed by atoms with Crippen LogP contribution in [0.4, 0.5) is 0 Å². The minimum absolute atomic E-state index is 0.463. The van der Waals surface area contributed by atoms with E-state index in [1.54, 1.807) is 31.5 Å². The number of rotatable bonds is 1. The van der Waals surface area contributed by atoms with Crippen molar-refractivity contribution in [2.75, 3.05) is 0 Å². The molecule has 5 nitrogen and oxygen atoms in total. The molecule has 0 saturated heterocycles. The summed E-state index contributed by atoms with van der Waals surface area (Å²) >= 11 is 6.47. The molecule has 0 fully saturated rings. The molecule has 0 aliphatic heterocycles. The van der Waals surface area contributed by atoms with Crippen LogP contribution in [0.3, 0.4) is 0 Å². The van der Waals surface area contributed by atoms with Crippen LogP contribution in [-0.4, -0.2) is 17.6 Å². The summed E-state index contributed by atoms with van der Waals surface area (Å²) in [6.07, 6.45) is 16.0. The Labute approximate surface area is 176 Å². The maximum absolute atomic E-state index is 8.38. The molecule has 2 heterocycles. The van der Waals surface area contributed by atoms with Gasteiger partial charge in [-0.15, -0.1) is 25.2 Å². The first-order chi connectivity index (χ1) is 13.0. The fourth-order valence-corrected chi connectivity index (χ4v) is 1.44. The van der Waals surface area contributed by atoms with E-state index in [2.05, 4.69) is 75.8 Å². The summed E-state index contributed by atoms with van der Waals surface area (Å²) in [4.78, 5) is 7.71. The quantitative estimate of drug-likeness (QED) is 0.313. The molecule has 27 heavy (non-hydrogen) atoms. The van der Waals surface area contributed by atoms with E-state index in [0.717, 1.165) is 16.5 Å². The fraction of sp³-hybridized carbons (Fsp3) is 0.158. The molecule has 2 aromatic heterocycles. The second kappa shape index (κ2) is 23.1. The maximum atomic E-state index is 8.38. The van der Waals surface area contributed by atoms with E-state index >= 15 is 0 Å². The Balaban J connectivity index is -0.000000311. The van der Waals surface area contributed by atoms with Gasteiger partial charge in [0.25, 0.3) is 0 Å². The molecule has 0 N–H and O–H groups in total. The van der Waals surface area contributed by atoms with Crippen molar-refractivity contribution in [1.29, 1.82) is 10.5 Å². The van der Waals surface area contributed by atoms with Gasteiger partial charge in [0.1, 0.15) is 23.5 Å². The van der Waals surface area contributed by atoms with Crippen molar-refractivity contribution in [1.82, 2.24) is 9.97 Å². The van der Waals surface area contributed by atoms with Gasteiger partial charge >= 0.3 is 24.8 Å². The van der Waals surface area contributed by atoms with Gasteiger partial charge in [-0.05, 0) is 37.1 Å². The zero-order valence-corrected chi connectivity index (χ0v) is 17.5. The average Bonchev–Trinajstić information content (AvgIpc) is 2.72. The van der Waals surface area contributed by atoms with E-state index in [1.807, 2.05) is 31.2 Å². The summed E-state index contributed by atoms with van der Waals surface area (Å²) in [6.45, 7) is 3.59. The molecule has 8 heteroatoms. The second-order valence-corrected chi connectivity index (χ2v) is 4.83. The van der Waals surface area contributed by atoms with Crippen LogP contribution in [0, 0.1) is 54.8 Å².